The van der Waals surface area contributed by atoms with Crippen molar-refractivity contribution in [1.29, 1.82) is 0 Å². The lowest BCUT2D eigenvalue weighted by atomic mass is 10.1. The summed E-state index contributed by atoms with van der Waals surface area (Å²) in [6.07, 6.45) is 0.225. The highest BCUT2D eigenvalue weighted by Crippen LogP contribution is 2.11. The van der Waals surface area contributed by atoms with Gasteiger partial charge < -0.3 is 10.4 Å². The number of carboxylic acids is 1. The Balaban J connectivity index is 2.10. The van der Waals surface area contributed by atoms with Gasteiger partial charge in [-0.15, -0.1) is 0 Å². The van der Waals surface area contributed by atoms with E-state index in [1.54, 1.807) is 18.2 Å². The first kappa shape index (κ1) is 15.1. The highest BCUT2D eigenvalue weighted by molar-refractivity contribution is 6.30. The molecule has 0 fully saturated rings. The van der Waals surface area contributed by atoms with Crippen LogP contribution < -0.4 is 5.32 Å². The summed E-state index contributed by atoms with van der Waals surface area (Å²) in [6, 6.07) is 14.5. The average Bonchev–Trinajstić information content (AvgIpc) is 2.47. The number of benzene rings is 2. The smallest absolute Gasteiger partial charge is 0.326 e. The Kier molecular flexibility index (Phi) is 4.95. The van der Waals surface area contributed by atoms with Gasteiger partial charge in [0.2, 0.25) is 0 Å². The highest BCUT2D eigenvalue weighted by atomic mass is 35.5. The first-order valence-electron chi connectivity index (χ1n) is 6.39. The summed E-state index contributed by atoms with van der Waals surface area (Å²) in [5.41, 5.74) is 1.18. The second-order valence-electron chi connectivity index (χ2n) is 4.56. The van der Waals surface area contributed by atoms with Gasteiger partial charge in [-0.25, -0.2) is 4.79 Å². The molecule has 21 heavy (non-hydrogen) atoms. The van der Waals surface area contributed by atoms with Crippen LogP contribution in [0.5, 0.6) is 0 Å². The maximum atomic E-state index is 12.1. The summed E-state index contributed by atoms with van der Waals surface area (Å²) in [5, 5.41) is 12.2. The fraction of sp³-hybridized carbons (Fsp3) is 0.125. The first-order chi connectivity index (χ1) is 10.1. The minimum Gasteiger partial charge on any atom is -0.480 e. The molecule has 0 aliphatic carbocycles. The third kappa shape index (κ3) is 4.33. The summed E-state index contributed by atoms with van der Waals surface area (Å²) >= 11 is 5.82. The molecule has 0 bridgehead atoms. The molecular weight excluding hydrogens is 290 g/mol. The molecule has 0 aliphatic rings. The van der Waals surface area contributed by atoms with Crippen molar-refractivity contribution < 1.29 is 14.7 Å². The predicted octanol–water partition coefficient (Wildman–Crippen LogP) is 2.77. The van der Waals surface area contributed by atoms with Crippen molar-refractivity contribution in [2.45, 2.75) is 12.5 Å². The van der Waals surface area contributed by atoms with Gasteiger partial charge in [0, 0.05) is 17.0 Å². The van der Waals surface area contributed by atoms with Gasteiger partial charge in [0.25, 0.3) is 5.91 Å². The van der Waals surface area contributed by atoms with Gasteiger partial charge in [0.15, 0.2) is 0 Å². The van der Waals surface area contributed by atoms with Crippen LogP contribution in [0.25, 0.3) is 0 Å². The zero-order valence-corrected chi connectivity index (χ0v) is 11.9. The van der Waals surface area contributed by atoms with Crippen LogP contribution in [0.3, 0.4) is 0 Å². The molecular formula is C16H14ClNO3. The van der Waals surface area contributed by atoms with E-state index in [2.05, 4.69) is 5.32 Å². The van der Waals surface area contributed by atoms with Crippen molar-refractivity contribution in [3.8, 4) is 0 Å². The Labute approximate surface area is 127 Å². The Bertz CT molecular complexity index is 643. The normalized spacial score (nSPS) is 11.7. The maximum absolute atomic E-state index is 12.1. The summed E-state index contributed by atoms with van der Waals surface area (Å²) in [7, 11) is 0. The quantitative estimate of drug-likeness (QED) is 0.892. The van der Waals surface area contributed by atoms with Crippen LogP contribution in [0.2, 0.25) is 5.02 Å². The fourth-order valence-corrected chi connectivity index (χ4v) is 2.11. The van der Waals surface area contributed by atoms with Gasteiger partial charge >= 0.3 is 5.97 Å². The van der Waals surface area contributed by atoms with E-state index < -0.39 is 17.9 Å². The second kappa shape index (κ2) is 6.90. The molecule has 0 heterocycles. The standard InChI is InChI=1S/C16H14ClNO3/c17-13-8-4-7-12(10-13)15(19)18-14(16(20)21)9-11-5-2-1-3-6-11/h1-8,10,14H,9H2,(H,18,19)(H,20,21)/t14-/m0/s1. The van der Waals surface area contributed by atoms with E-state index in [0.717, 1.165) is 5.56 Å². The fourth-order valence-electron chi connectivity index (χ4n) is 1.92. The first-order valence-corrected chi connectivity index (χ1v) is 6.77. The number of aliphatic carboxylic acids is 1. The number of amides is 1. The molecule has 0 radical (unpaired) electrons. The summed E-state index contributed by atoms with van der Waals surface area (Å²) in [5.74, 6) is -1.53. The average molecular weight is 304 g/mol. The van der Waals surface area contributed by atoms with Crippen LogP contribution >= 0.6 is 11.6 Å². The van der Waals surface area contributed by atoms with Crippen LogP contribution in [-0.4, -0.2) is 23.0 Å². The molecule has 1 amide bonds. The number of hydrogen-bond acceptors (Lipinski definition) is 2. The Hall–Kier alpha value is -2.33. The van der Waals surface area contributed by atoms with Crippen molar-refractivity contribution in [2.24, 2.45) is 0 Å². The minimum atomic E-state index is -1.07. The van der Waals surface area contributed by atoms with E-state index in [0.29, 0.717) is 10.6 Å². The topological polar surface area (TPSA) is 66.4 Å². The Morgan fingerprint density at radius 2 is 1.81 bits per heavy atom. The predicted molar refractivity (Wildman–Crippen MR) is 80.5 cm³/mol. The monoisotopic (exact) mass is 303 g/mol. The second-order valence-corrected chi connectivity index (χ2v) is 5.00. The van der Waals surface area contributed by atoms with Gasteiger partial charge in [-0.1, -0.05) is 48.0 Å². The van der Waals surface area contributed by atoms with Crippen molar-refractivity contribution in [3.63, 3.8) is 0 Å². The molecule has 0 spiro atoms. The number of carboxylic acid groups (broad SMARTS) is 1. The van der Waals surface area contributed by atoms with Crippen molar-refractivity contribution in [3.05, 3.63) is 70.7 Å². The number of nitrogens with one attached hydrogen (secondary N) is 1. The van der Waals surface area contributed by atoms with E-state index in [4.69, 9.17) is 11.6 Å². The van der Waals surface area contributed by atoms with Crippen molar-refractivity contribution in [1.82, 2.24) is 5.32 Å². The number of carbonyl (C=O) groups excluding carboxylic acids is 1. The third-order valence-corrected chi connectivity index (χ3v) is 3.21. The van der Waals surface area contributed by atoms with Gasteiger partial charge in [-0.2, -0.15) is 0 Å². The lowest BCUT2D eigenvalue weighted by Crippen LogP contribution is -2.42. The molecule has 2 rings (SSSR count). The zero-order chi connectivity index (χ0) is 15.2. The van der Waals surface area contributed by atoms with E-state index in [-0.39, 0.29) is 6.42 Å². The summed E-state index contributed by atoms with van der Waals surface area (Å²) in [6.45, 7) is 0. The van der Waals surface area contributed by atoms with Crippen LogP contribution in [0.1, 0.15) is 15.9 Å². The lowest BCUT2D eigenvalue weighted by molar-refractivity contribution is -0.139. The molecule has 1 atom stereocenters. The van der Waals surface area contributed by atoms with Crippen LogP contribution in [0.15, 0.2) is 54.6 Å². The maximum Gasteiger partial charge on any atom is 0.326 e. The molecule has 0 saturated heterocycles. The number of carbonyl (C=O) groups is 2. The lowest BCUT2D eigenvalue weighted by Gasteiger charge is -2.14. The Morgan fingerprint density at radius 1 is 1.10 bits per heavy atom. The summed E-state index contributed by atoms with van der Waals surface area (Å²) < 4.78 is 0. The molecule has 2 N–H and O–H groups in total. The largest absolute Gasteiger partial charge is 0.480 e. The van der Waals surface area contributed by atoms with Gasteiger partial charge in [-0.05, 0) is 23.8 Å². The SMILES string of the molecule is O=C(N[C@@H](Cc1ccccc1)C(=O)O)c1cccc(Cl)c1. The number of rotatable bonds is 5. The molecule has 0 aliphatic heterocycles. The van der Waals surface area contributed by atoms with Gasteiger partial charge in [-0.3, -0.25) is 4.79 Å². The Morgan fingerprint density at radius 3 is 2.43 bits per heavy atom. The highest BCUT2D eigenvalue weighted by Gasteiger charge is 2.21. The minimum absolute atomic E-state index is 0.225. The third-order valence-electron chi connectivity index (χ3n) is 2.97. The van der Waals surface area contributed by atoms with Gasteiger partial charge in [0.1, 0.15) is 6.04 Å². The molecule has 2 aromatic carbocycles. The molecule has 0 aromatic heterocycles. The zero-order valence-electron chi connectivity index (χ0n) is 11.1. The molecule has 5 heteroatoms. The number of halogens is 1. The molecule has 2 aromatic rings. The van der Waals surface area contributed by atoms with E-state index in [1.165, 1.54) is 6.07 Å². The van der Waals surface area contributed by atoms with Crippen LogP contribution in [-0.2, 0) is 11.2 Å². The van der Waals surface area contributed by atoms with Crippen molar-refractivity contribution >= 4 is 23.5 Å². The molecule has 0 unspecified atom stereocenters. The van der Waals surface area contributed by atoms with E-state index in [9.17, 15) is 14.7 Å². The van der Waals surface area contributed by atoms with E-state index >= 15 is 0 Å². The molecule has 108 valence electrons. The van der Waals surface area contributed by atoms with E-state index in [1.807, 2.05) is 30.3 Å². The van der Waals surface area contributed by atoms with Gasteiger partial charge in [0.05, 0.1) is 0 Å². The molecule has 4 nitrogen and oxygen atoms in total. The van der Waals surface area contributed by atoms with Crippen LogP contribution in [0, 0.1) is 0 Å². The van der Waals surface area contributed by atoms with Crippen molar-refractivity contribution in [2.75, 3.05) is 0 Å². The summed E-state index contributed by atoms with van der Waals surface area (Å²) in [4.78, 5) is 23.4. The number of hydrogen-bond donors (Lipinski definition) is 2. The molecule has 0 saturated carbocycles. The van der Waals surface area contributed by atoms with Crippen LogP contribution in [0.4, 0.5) is 0 Å².